The van der Waals surface area contributed by atoms with Gasteiger partial charge in [-0.2, -0.15) is 0 Å². The molecule has 1 aromatic rings. The Morgan fingerprint density at radius 2 is 1.95 bits per heavy atom. The van der Waals surface area contributed by atoms with Crippen molar-refractivity contribution in [2.45, 2.75) is 71.1 Å². The Labute approximate surface area is 134 Å². The van der Waals surface area contributed by atoms with E-state index in [-0.39, 0.29) is 17.4 Å². The van der Waals surface area contributed by atoms with E-state index >= 15 is 0 Å². The van der Waals surface area contributed by atoms with Crippen molar-refractivity contribution >= 4 is 0 Å². The predicted molar refractivity (Wildman–Crippen MR) is 90.4 cm³/mol. The lowest BCUT2D eigenvalue weighted by Crippen LogP contribution is -2.50. The van der Waals surface area contributed by atoms with Crippen molar-refractivity contribution < 1.29 is 10.2 Å². The van der Waals surface area contributed by atoms with Crippen LogP contribution in [0.25, 0.3) is 0 Å². The van der Waals surface area contributed by atoms with E-state index in [0.29, 0.717) is 17.6 Å². The van der Waals surface area contributed by atoms with Gasteiger partial charge in [0, 0.05) is 6.61 Å². The quantitative estimate of drug-likeness (QED) is 0.843. The summed E-state index contributed by atoms with van der Waals surface area (Å²) in [4.78, 5) is 0. The largest absolute Gasteiger partial charge is 0.508 e. The number of hydrogen-bond acceptors (Lipinski definition) is 2. The third kappa shape index (κ3) is 2.11. The van der Waals surface area contributed by atoms with Crippen molar-refractivity contribution in [1.29, 1.82) is 0 Å². The Bertz CT molecular complexity index is 577. The normalized spacial score (nSPS) is 34.4. The number of phenols is 1. The minimum atomic E-state index is 0.0422. The fourth-order valence-electron chi connectivity index (χ4n) is 5.55. The number of aromatic hydroxyl groups is 1. The molecular weight excluding hydrogens is 272 g/mol. The Kier molecular flexibility index (Phi) is 3.79. The van der Waals surface area contributed by atoms with E-state index in [2.05, 4.69) is 33.8 Å². The van der Waals surface area contributed by atoms with Gasteiger partial charge in [0.15, 0.2) is 0 Å². The SMILES string of the molecule is CC(C)c1c(O)ccc2c1CCC1[C@@](C)(CO)CCC[C@@]21C. The number of phenolic OH excluding ortho intramolecular Hbond substituents is 1. The molecule has 0 bridgehead atoms. The number of rotatable bonds is 2. The van der Waals surface area contributed by atoms with Crippen LogP contribution in [-0.4, -0.2) is 16.8 Å². The van der Waals surface area contributed by atoms with E-state index < -0.39 is 0 Å². The Morgan fingerprint density at radius 1 is 1.23 bits per heavy atom. The maximum atomic E-state index is 10.3. The molecule has 3 atom stereocenters. The first-order valence-corrected chi connectivity index (χ1v) is 8.79. The second-order valence-electron chi connectivity index (χ2n) is 8.35. The molecule has 0 radical (unpaired) electrons. The first-order valence-electron chi connectivity index (χ1n) is 8.79. The van der Waals surface area contributed by atoms with Crippen LogP contribution in [0.2, 0.25) is 0 Å². The summed E-state index contributed by atoms with van der Waals surface area (Å²) in [6.45, 7) is 9.29. The lowest BCUT2D eigenvalue weighted by molar-refractivity contribution is -0.0180. The molecule has 1 saturated carbocycles. The molecule has 0 aromatic heterocycles. The average Bonchev–Trinajstić information content (AvgIpc) is 2.46. The van der Waals surface area contributed by atoms with Crippen LogP contribution in [0.15, 0.2) is 12.1 Å². The molecule has 1 fully saturated rings. The number of fused-ring (bicyclic) bond motifs is 3. The molecule has 0 amide bonds. The molecule has 122 valence electrons. The number of aliphatic hydroxyl groups is 1. The predicted octanol–water partition coefficient (Wildman–Crippen LogP) is 4.52. The van der Waals surface area contributed by atoms with E-state index in [0.717, 1.165) is 24.8 Å². The van der Waals surface area contributed by atoms with Crippen molar-refractivity contribution in [2.75, 3.05) is 6.61 Å². The first kappa shape index (κ1) is 15.9. The van der Waals surface area contributed by atoms with Gasteiger partial charge in [-0.05, 0) is 71.1 Å². The average molecular weight is 302 g/mol. The second kappa shape index (κ2) is 5.26. The van der Waals surface area contributed by atoms with Gasteiger partial charge in [0.25, 0.3) is 0 Å². The molecule has 0 saturated heterocycles. The zero-order valence-corrected chi connectivity index (χ0v) is 14.4. The number of hydrogen-bond donors (Lipinski definition) is 2. The summed E-state index contributed by atoms with van der Waals surface area (Å²) in [5.41, 5.74) is 4.15. The topological polar surface area (TPSA) is 40.5 Å². The monoisotopic (exact) mass is 302 g/mol. The Hall–Kier alpha value is -1.02. The highest BCUT2D eigenvalue weighted by Gasteiger charge is 2.51. The number of aliphatic hydroxyl groups excluding tert-OH is 1. The van der Waals surface area contributed by atoms with Crippen molar-refractivity contribution in [3.05, 3.63) is 28.8 Å². The van der Waals surface area contributed by atoms with Gasteiger partial charge in [-0.25, -0.2) is 0 Å². The maximum absolute atomic E-state index is 10.3. The molecule has 2 heteroatoms. The van der Waals surface area contributed by atoms with Gasteiger partial charge >= 0.3 is 0 Å². The molecule has 0 aliphatic heterocycles. The first-order chi connectivity index (χ1) is 10.3. The lowest BCUT2D eigenvalue weighted by Gasteiger charge is -2.55. The molecule has 2 nitrogen and oxygen atoms in total. The summed E-state index contributed by atoms with van der Waals surface area (Å²) in [5, 5.41) is 20.3. The van der Waals surface area contributed by atoms with Crippen LogP contribution in [0, 0.1) is 11.3 Å². The molecular formula is C20H30O2. The minimum absolute atomic E-state index is 0.0422. The third-order valence-corrected chi connectivity index (χ3v) is 6.63. The molecule has 22 heavy (non-hydrogen) atoms. The van der Waals surface area contributed by atoms with Gasteiger partial charge in [-0.3, -0.25) is 0 Å². The Balaban J connectivity index is 2.16. The van der Waals surface area contributed by atoms with E-state index in [1.807, 2.05) is 6.07 Å². The zero-order chi connectivity index (χ0) is 16.1. The zero-order valence-electron chi connectivity index (χ0n) is 14.4. The van der Waals surface area contributed by atoms with Gasteiger partial charge in [-0.1, -0.05) is 40.2 Å². The van der Waals surface area contributed by atoms with E-state index in [4.69, 9.17) is 0 Å². The van der Waals surface area contributed by atoms with Crippen molar-refractivity contribution in [3.63, 3.8) is 0 Å². The van der Waals surface area contributed by atoms with Crippen molar-refractivity contribution in [3.8, 4) is 5.75 Å². The number of benzene rings is 1. The fourth-order valence-corrected chi connectivity index (χ4v) is 5.55. The highest BCUT2D eigenvalue weighted by molar-refractivity contribution is 5.51. The third-order valence-electron chi connectivity index (χ3n) is 6.63. The summed E-state index contributed by atoms with van der Waals surface area (Å²) >= 11 is 0. The highest BCUT2D eigenvalue weighted by Crippen LogP contribution is 2.58. The molecule has 2 N–H and O–H groups in total. The fraction of sp³-hybridized carbons (Fsp3) is 0.700. The van der Waals surface area contributed by atoms with Crippen LogP contribution < -0.4 is 0 Å². The molecule has 3 rings (SSSR count). The van der Waals surface area contributed by atoms with Crippen LogP contribution in [0.5, 0.6) is 5.75 Å². The maximum Gasteiger partial charge on any atom is 0.119 e. The van der Waals surface area contributed by atoms with Crippen LogP contribution in [0.4, 0.5) is 0 Å². The van der Waals surface area contributed by atoms with Crippen molar-refractivity contribution in [1.82, 2.24) is 0 Å². The van der Waals surface area contributed by atoms with Crippen LogP contribution >= 0.6 is 0 Å². The van der Waals surface area contributed by atoms with Gasteiger partial charge in [-0.15, -0.1) is 0 Å². The molecule has 1 unspecified atom stereocenters. The van der Waals surface area contributed by atoms with Gasteiger partial charge in [0.05, 0.1) is 0 Å². The highest BCUT2D eigenvalue weighted by atomic mass is 16.3. The standard InChI is InChI=1S/C20H30O2/c1-13(2)18-14-6-9-17-19(3,12-21)10-5-11-20(17,4)15(14)7-8-16(18)22/h7-8,13,17,21-22H,5-6,9-12H2,1-4H3/t17?,19-,20+/m1/s1. The van der Waals surface area contributed by atoms with E-state index in [9.17, 15) is 10.2 Å². The minimum Gasteiger partial charge on any atom is -0.508 e. The second-order valence-corrected chi connectivity index (χ2v) is 8.35. The molecule has 1 aromatic carbocycles. The molecule has 0 spiro atoms. The summed E-state index contributed by atoms with van der Waals surface area (Å²) in [5.74, 6) is 1.34. The summed E-state index contributed by atoms with van der Waals surface area (Å²) in [6.07, 6.45) is 5.68. The van der Waals surface area contributed by atoms with Crippen LogP contribution in [-0.2, 0) is 11.8 Å². The molecule has 0 heterocycles. The Morgan fingerprint density at radius 3 is 2.59 bits per heavy atom. The smallest absolute Gasteiger partial charge is 0.119 e. The molecule has 2 aliphatic carbocycles. The summed E-state index contributed by atoms with van der Waals surface area (Å²) < 4.78 is 0. The van der Waals surface area contributed by atoms with E-state index in [1.165, 1.54) is 24.0 Å². The van der Waals surface area contributed by atoms with Gasteiger partial charge < -0.3 is 10.2 Å². The van der Waals surface area contributed by atoms with Gasteiger partial charge in [0.1, 0.15) is 5.75 Å². The lowest BCUT2D eigenvalue weighted by atomic mass is 9.49. The summed E-state index contributed by atoms with van der Waals surface area (Å²) in [6, 6.07) is 4.05. The van der Waals surface area contributed by atoms with Crippen molar-refractivity contribution in [2.24, 2.45) is 11.3 Å². The van der Waals surface area contributed by atoms with Gasteiger partial charge in [0.2, 0.25) is 0 Å². The van der Waals surface area contributed by atoms with Crippen LogP contribution in [0.1, 0.15) is 76.0 Å². The van der Waals surface area contributed by atoms with Crippen LogP contribution in [0.3, 0.4) is 0 Å². The van der Waals surface area contributed by atoms with E-state index in [1.54, 1.807) is 0 Å². The molecule has 2 aliphatic rings. The summed E-state index contributed by atoms with van der Waals surface area (Å²) in [7, 11) is 0.